The summed E-state index contributed by atoms with van der Waals surface area (Å²) in [5.74, 6) is 0. The molecule has 0 aromatic heterocycles. The van der Waals surface area contributed by atoms with Gasteiger partial charge < -0.3 is 9.66 Å². The SMILES string of the molecule is CCCCCCCCCCCCCCC(CCC(O)CC)S(=O)(=O)[O-].[Na+]. The molecular formula is C20H41NaO4S. The van der Waals surface area contributed by atoms with E-state index in [4.69, 9.17) is 0 Å². The van der Waals surface area contributed by atoms with Gasteiger partial charge in [-0.3, -0.25) is 0 Å². The van der Waals surface area contributed by atoms with Crippen LogP contribution in [0, 0.1) is 0 Å². The molecule has 6 heteroatoms. The first-order chi connectivity index (χ1) is 11.9. The molecule has 0 radical (unpaired) electrons. The fraction of sp³-hybridized carbons (Fsp3) is 1.00. The van der Waals surface area contributed by atoms with E-state index in [0.717, 1.165) is 19.3 Å². The number of aliphatic hydroxyl groups is 1. The van der Waals surface area contributed by atoms with Crippen molar-refractivity contribution in [1.82, 2.24) is 0 Å². The zero-order valence-corrected chi connectivity index (χ0v) is 20.4. The molecule has 2 unspecified atom stereocenters. The van der Waals surface area contributed by atoms with Gasteiger partial charge in [0, 0.05) is 5.25 Å². The van der Waals surface area contributed by atoms with Crippen LogP contribution in [-0.4, -0.2) is 29.4 Å². The maximum absolute atomic E-state index is 11.3. The maximum atomic E-state index is 11.3. The molecule has 0 rings (SSSR count). The number of unbranched alkanes of at least 4 members (excludes halogenated alkanes) is 11. The van der Waals surface area contributed by atoms with Crippen LogP contribution >= 0.6 is 0 Å². The minimum Gasteiger partial charge on any atom is -0.748 e. The van der Waals surface area contributed by atoms with Gasteiger partial charge in [-0.2, -0.15) is 0 Å². The monoisotopic (exact) mass is 400 g/mol. The van der Waals surface area contributed by atoms with Gasteiger partial charge in [0.05, 0.1) is 16.2 Å². The molecule has 0 heterocycles. The molecule has 0 bridgehead atoms. The molecule has 0 aliphatic heterocycles. The van der Waals surface area contributed by atoms with E-state index in [1.54, 1.807) is 0 Å². The summed E-state index contributed by atoms with van der Waals surface area (Å²) in [5.41, 5.74) is 0. The largest absolute Gasteiger partial charge is 1.00 e. The van der Waals surface area contributed by atoms with E-state index >= 15 is 0 Å². The minimum atomic E-state index is -4.24. The molecule has 26 heavy (non-hydrogen) atoms. The van der Waals surface area contributed by atoms with Gasteiger partial charge in [0.2, 0.25) is 0 Å². The number of aliphatic hydroxyl groups excluding tert-OH is 1. The quantitative estimate of drug-likeness (QED) is 0.218. The van der Waals surface area contributed by atoms with Crippen LogP contribution in [0.3, 0.4) is 0 Å². The van der Waals surface area contributed by atoms with Crippen LogP contribution in [0.1, 0.15) is 117 Å². The van der Waals surface area contributed by atoms with Crippen LogP contribution < -0.4 is 29.6 Å². The predicted octanol–water partition coefficient (Wildman–Crippen LogP) is 2.55. The van der Waals surface area contributed by atoms with Crippen LogP contribution in [0.2, 0.25) is 0 Å². The van der Waals surface area contributed by atoms with Gasteiger partial charge in [0.1, 0.15) is 0 Å². The normalized spacial score (nSPS) is 14.0. The Labute approximate surface area is 185 Å². The first kappa shape index (κ1) is 29.1. The smallest absolute Gasteiger partial charge is 0.748 e. The Balaban J connectivity index is 0. The fourth-order valence-electron chi connectivity index (χ4n) is 3.23. The van der Waals surface area contributed by atoms with Gasteiger partial charge in [0.15, 0.2) is 0 Å². The Kier molecular flexibility index (Phi) is 21.5. The van der Waals surface area contributed by atoms with Crippen molar-refractivity contribution in [3.05, 3.63) is 0 Å². The van der Waals surface area contributed by atoms with E-state index in [1.165, 1.54) is 57.8 Å². The van der Waals surface area contributed by atoms with Crippen LogP contribution in [0.4, 0.5) is 0 Å². The molecule has 0 aromatic rings. The zero-order chi connectivity index (χ0) is 19.0. The molecule has 0 saturated heterocycles. The summed E-state index contributed by atoms with van der Waals surface area (Å²) >= 11 is 0. The summed E-state index contributed by atoms with van der Waals surface area (Å²) in [4.78, 5) is 0. The molecule has 152 valence electrons. The Bertz CT molecular complexity index is 387. The second-order valence-electron chi connectivity index (χ2n) is 7.43. The summed E-state index contributed by atoms with van der Waals surface area (Å²) in [6.07, 6.45) is 16.0. The molecule has 4 nitrogen and oxygen atoms in total. The summed E-state index contributed by atoms with van der Waals surface area (Å²) in [5, 5.41) is 8.73. The molecule has 0 aliphatic rings. The topological polar surface area (TPSA) is 77.4 Å². The number of rotatable bonds is 18. The van der Waals surface area contributed by atoms with E-state index in [1.807, 2.05) is 6.92 Å². The Morgan fingerprint density at radius 3 is 1.54 bits per heavy atom. The Hall–Kier alpha value is 0.870. The average molecular weight is 401 g/mol. The first-order valence-electron chi connectivity index (χ1n) is 10.5. The van der Waals surface area contributed by atoms with Gasteiger partial charge in [-0.15, -0.1) is 0 Å². The van der Waals surface area contributed by atoms with Gasteiger partial charge in [-0.1, -0.05) is 90.9 Å². The van der Waals surface area contributed by atoms with E-state index in [2.05, 4.69) is 6.92 Å². The standard InChI is InChI=1S/C20H42O4S.Na/c1-3-5-6-7-8-9-10-11-12-13-14-15-16-20(25(22,23)24)18-17-19(21)4-2;/h19-21H,3-18H2,1-2H3,(H,22,23,24);/q;+1/p-1. The maximum Gasteiger partial charge on any atom is 1.00 e. The number of hydrogen-bond acceptors (Lipinski definition) is 4. The molecule has 0 spiro atoms. The summed E-state index contributed by atoms with van der Waals surface area (Å²) in [6, 6.07) is 0. The van der Waals surface area contributed by atoms with Crippen LogP contribution in [0.15, 0.2) is 0 Å². The van der Waals surface area contributed by atoms with E-state index in [-0.39, 0.29) is 29.6 Å². The van der Waals surface area contributed by atoms with Crippen molar-refractivity contribution in [2.24, 2.45) is 0 Å². The van der Waals surface area contributed by atoms with Gasteiger partial charge in [0.25, 0.3) is 0 Å². The van der Waals surface area contributed by atoms with Crippen molar-refractivity contribution in [2.45, 2.75) is 128 Å². The minimum absolute atomic E-state index is 0. The fourth-order valence-corrected chi connectivity index (χ4v) is 4.11. The van der Waals surface area contributed by atoms with Crippen LogP contribution in [-0.2, 0) is 10.1 Å². The average Bonchev–Trinajstić information content (AvgIpc) is 2.56. The molecule has 0 aromatic carbocycles. The van der Waals surface area contributed by atoms with Crippen molar-refractivity contribution in [1.29, 1.82) is 0 Å². The molecule has 0 aliphatic carbocycles. The van der Waals surface area contributed by atoms with Crippen LogP contribution in [0.25, 0.3) is 0 Å². The van der Waals surface area contributed by atoms with Crippen LogP contribution in [0.5, 0.6) is 0 Å². The van der Waals surface area contributed by atoms with E-state index < -0.39 is 21.5 Å². The van der Waals surface area contributed by atoms with E-state index in [0.29, 0.717) is 25.7 Å². The van der Waals surface area contributed by atoms with Crippen molar-refractivity contribution < 1.29 is 47.6 Å². The summed E-state index contributed by atoms with van der Waals surface area (Å²) in [7, 11) is -4.24. The molecule has 2 atom stereocenters. The molecule has 0 fully saturated rings. The number of hydrogen-bond donors (Lipinski definition) is 1. The van der Waals surface area contributed by atoms with Crippen molar-refractivity contribution in [3.8, 4) is 0 Å². The zero-order valence-electron chi connectivity index (χ0n) is 17.5. The van der Waals surface area contributed by atoms with Crippen molar-refractivity contribution >= 4 is 10.1 Å². The molecule has 0 amide bonds. The third-order valence-corrected chi connectivity index (χ3v) is 6.37. The van der Waals surface area contributed by atoms with Crippen molar-refractivity contribution in [3.63, 3.8) is 0 Å². The Morgan fingerprint density at radius 1 is 0.731 bits per heavy atom. The van der Waals surface area contributed by atoms with Gasteiger partial charge in [-0.05, 0) is 25.7 Å². The second-order valence-corrected chi connectivity index (χ2v) is 9.08. The third kappa shape index (κ3) is 18.2. The Morgan fingerprint density at radius 2 is 1.15 bits per heavy atom. The van der Waals surface area contributed by atoms with Gasteiger partial charge in [-0.25, -0.2) is 8.42 Å². The van der Waals surface area contributed by atoms with Crippen molar-refractivity contribution in [2.75, 3.05) is 0 Å². The third-order valence-electron chi connectivity index (χ3n) is 5.08. The van der Waals surface area contributed by atoms with Gasteiger partial charge >= 0.3 is 29.6 Å². The van der Waals surface area contributed by atoms with E-state index in [9.17, 15) is 18.1 Å². The molecule has 0 saturated carbocycles. The molecule has 1 N–H and O–H groups in total. The molecular weight excluding hydrogens is 359 g/mol. The second kappa shape index (κ2) is 19.2. The predicted molar refractivity (Wildman–Crippen MR) is 105 cm³/mol. The summed E-state index contributed by atoms with van der Waals surface area (Å²) < 4.78 is 34.0. The summed E-state index contributed by atoms with van der Waals surface area (Å²) in [6.45, 7) is 4.10. The first-order valence-corrected chi connectivity index (χ1v) is 12.0.